The molecule has 1 aromatic carbocycles. The van der Waals surface area contributed by atoms with Crippen molar-refractivity contribution in [1.82, 2.24) is 10.6 Å². The van der Waals surface area contributed by atoms with Crippen LogP contribution in [0.1, 0.15) is 56.1 Å². The summed E-state index contributed by atoms with van der Waals surface area (Å²) in [5, 5.41) is 6.65. The zero-order valence-electron chi connectivity index (χ0n) is 12.9. The van der Waals surface area contributed by atoms with Crippen molar-refractivity contribution in [3.05, 3.63) is 35.4 Å². The van der Waals surface area contributed by atoms with Crippen LogP contribution in [0.3, 0.4) is 0 Å². The van der Waals surface area contributed by atoms with Gasteiger partial charge in [0, 0.05) is 19.1 Å². The average molecular weight is 286 g/mol. The highest BCUT2D eigenvalue weighted by atomic mass is 16.2. The van der Waals surface area contributed by atoms with Crippen molar-refractivity contribution in [2.75, 3.05) is 6.54 Å². The lowest BCUT2D eigenvalue weighted by atomic mass is 9.84. The van der Waals surface area contributed by atoms with E-state index < -0.39 is 0 Å². The summed E-state index contributed by atoms with van der Waals surface area (Å²) in [6.45, 7) is 3.80. The summed E-state index contributed by atoms with van der Waals surface area (Å²) in [5.41, 5.74) is 2.46. The summed E-state index contributed by atoms with van der Waals surface area (Å²) in [5.74, 6) is 0.809. The monoisotopic (exact) mass is 286 g/mol. The first-order valence-corrected chi connectivity index (χ1v) is 8.34. The Kier molecular flexibility index (Phi) is 4.59. The molecule has 1 aromatic rings. The van der Waals surface area contributed by atoms with Crippen LogP contribution in [-0.2, 0) is 11.3 Å². The molecule has 3 heteroatoms. The van der Waals surface area contributed by atoms with Crippen LogP contribution in [0.25, 0.3) is 0 Å². The highest BCUT2D eigenvalue weighted by Crippen LogP contribution is 2.28. The quantitative estimate of drug-likeness (QED) is 0.897. The Morgan fingerprint density at radius 1 is 1.24 bits per heavy atom. The van der Waals surface area contributed by atoms with Crippen molar-refractivity contribution < 1.29 is 4.79 Å². The molecule has 0 saturated heterocycles. The molecule has 2 N–H and O–H groups in total. The fraction of sp³-hybridized carbons (Fsp3) is 0.611. The van der Waals surface area contributed by atoms with E-state index in [1.807, 2.05) is 12.1 Å². The minimum atomic E-state index is -0.0407. The second-order valence-corrected chi connectivity index (χ2v) is 6.58. The molecular weight excluding hydrogens is 260 g/mol. The average Bonchev–Trinajstić information content (AvgIpc) is 2.55. The molecule has 0 aromatic heterocycles. The molecule has 0 spiro atoms. The highest BCUT2D eigenvalue weighted by molar-refractivity contribution is 5.84. The van der Waals surface area contributed by atoms with Gasteiger partial charge in [0.05, 0.1) is 5.92 Å². The Labute approximate surface area is 127 Å². The van der Waals surface area contributed by atoms with Crippen LogP contribution in [0, 0.1) is 5.92 Å². The zero-order valence-corrected chi connectivity index (χ0v) is 12.9. The summed E-state index contributed by atoms with van der Waals surface area (Å²) in [6.07, 6.45) is 6.52. The van der Waals surface area contributed by atoms with Gasteiger partial charge in [0.2, 0.25) is 5.91 Å². The van der Waals surface area contributed by atoms with Gasteiger partial charge in [0.1, 0.15) is 0 Å². The molecule has 2 aliphatic rings. The summed E-state index contributed by atoms with van der Waals surface area (Å²) in [6, 6.07) is 8.60. The molecule has 3 rings (SSSR count). The van der Waals surface area contributed by atoms with Crippen LogP contribution in [0.2, 0.25) is 0 Å². The van der Waals surface area contributed by atoms with Crippen molar-refractivity contribution in [2.45, 2.75) is 57.5 Å². The molecular formula is C18H26N2O. The van der Waals surface area contributed by atoms with E-state index in [1.54, 1.807) is 0 Å². The number of carbonyl (C=O) groups excluding carboxylic acids is 1. The van der Waals surface area contributed by atoms with Crippen molar-refractivity contribution in [2.24, 2.45) is 5.92 Å². The zero-order chi connectivity index (χ0) is 14.7. The lowest BCUT2D eigenvalue weighted by Gasteiger charge is -2.31. The van der Waals surface area contributed by atoms with Crippen molar-refractivity contribution in [1.29, 1.82) is 0 Å². The smallest absolute Gasteiger partial charge is 0.229 e. The van der Waals surface area contributed by atoms with Gasteiger partial charge in [-0.15, -0.1) is 0 Å². The molecule has 0 bridgehead atoms. The fourth-order valence-electron chi connectivity index (χ4n) is 3.81. The number of benzene rings is 1. The Morgan fingerprint density at radius 3 is 2.81 bits per heavy atom. The predicted molar refractivity (Wildman–Crippen MR) is 85.1 cm³/mol. The second kappa shape index (κ2) is 6.61. The molecule has 0 radical (unpaired) electrons. The van der Waals surface area contributed by atoms with Gasteiger partial charge in [0.25, 0.3) is 0 Å². The van der Waals surface area contributed by atoms with Gasteiger partial charge in [-0.3, -0.25) is 4.79 Å². The Morgan fingerprint density at radius 2 is 2.00 bits per heavy atom. The maximum Gasteiger partial charge on any atom is 0.229 e. The van der Waals surface area contributed by atoms with Gasteiger partial charge < -0.3 is 10.6 Å². The van der Waals surface area contributed by atoms with Crippen LogP contribution in [-0.4, -0.2) is 18.5 Å². The molecule has 114 valence electrons. The molecule has 1 unspecified atom stereocenters. The summed E-state index contributed by atoms with van der Waals surface area (Å²) >= 11 is 0. The van der Waals surface area contributed by atoms with Crippen LogP contribution in [0.15, 0.2) is 24.3 Å². The van der Waals surface area contributed by atoms with E-state index in [0.717, 1.165) is 13.1 Å². The largest absolute Gasteiger partial charge is 0.353 e. The summed E-state index contributed by atoms with van der Waals surface area (Å²) in [7, 11) is 0. The number of fused-ring (bicyclic) bond motifs is 1. The van der Waals surface area contributed by atoms with E-state index in [1.165, 1.54) is 43.2 Å². The fourth-order valence-corrected chi connectivity index (χ4v) is 3.81. The third kappa shape index (κ3) is 3.29. The highest BCUT2D eigenvalue weighted by Gasteiger charge is 2.28. The van der Waals surface area contributed by atoms with Gasteiger partial charge in [-0.1, -0.05) is 43.5 Å². The number of hydrogen-bond acceptors (Lipinski definition) is 2. The van der Waals surface area contributed by atoms with Crippen LogP contribution >= 0.6 is 0 Å². The SMILES string of the molecule is C[C@H](NC(=O)C1CNCc2ccccc21)C1CCCCC1. The van der Waals surface area contributed by atoms with Crippen molar-refractivity contribution >= 4 is 5.91 Å². The Balaban J connectivity index is 1.66. The van der Waals surface area contributed by atoms with Crippen molar-refractivity contribution in [3.8, 4) is 0 Å². The first kappa shape index (κ1) is 14.6. The minimum Gasteiger partial charge on any atom is -0.353 e. The molecule has 21 heavy (non-hydrogen) atoms. The maximum absolute atomic E-state index is 12.7. The van der Waals surface area contributed by atoms with E-state index in [0.29, 0.717) is 12.0 Å². The van der Waals surface area contributed by atoms with E-state index in [-0.39, 0.29) is 11.8 Å². The van der Waals surface area contributed by atoms with Crippen LogP contribution in [0.5, 0.6) is 0 Å². The number of rotatable bonds is 3. The molecule has 1 heterocycles. The molecule has 1 aliphatic carbocycles. The lowest BCUT2D eigenvalue weighted by Crippen LogP contribution is -2.45. The molecule has 1 aliphatic heterocycles. The number of amides is 1. The lowest BCUT2D eigenvalue weighted by molar-refractivity contribution is -0.123. The van der Waals surface area contributed by atoms with Gasteiger partial charge in [-0.2, -0.15) is 0 Å². The number of carbonyl (C=O) groups is 1. The standard InChI is InChI=1S/C18H26N2O/c1-13(14-7-3-2-4-8-14)20-18(21)17-12-19-11-15-9-5-6-10-16(15)17/h5-6,9-10,13-14,17,19H,2-4,7-8,11-12H2,1H3,(H,20,21)/t13-,17?/m0/s1. The van der Waals surface area contributed by atoms with E-state index in [4.69, 9.17) is 0 Å². The summed E-state index contributed by atoms with van der Waals surface area (Å²) < 4.78 is 0. The molecule has 1 saturated carbocycles. The molecule has 2 atom stereocenters. The topological polar surface area (TPSA) is 41.1 Å². The second-order valence-electron chi connectivity index (χ2n) is 6.58. The third-order valence-corrected chi connectivity index (χ3v) is 5.14. The number of nitrogens with one attached hydrogen (secondary N) is 2. The van der Waals surface area contributed by atoms with Gasteiger partial charge in [-0.25, -0.2) is 0 Å². The normalized spacial score (nSPS) is 24.1. The van der Waals surface area contributed by atoms with E-state index in [9.17, 15) is 4.79 Å². The molecule has 1 fully saturated rings. The third-order valence-electron chi connectivity index (χ3n) is 5.14. The van der Waals surface area contributed by atoms with Gasteiger partial charge in [0.15, 0.2) is 0 Å². The van der Waals surface area contributed by atoms with Gasteiger partial charge in [-0.05, 0) is 36.8 Å². The molecule has 1 amide bonds. The Hall–Kier alpha value is -1.35. The van der Waals surface area contributed by atoms with Gasteiger partial charge >= 0.3 is 0 Å². The predicted octanol–water partition coefficient (Wildman–Crippen LogP) is 2.96. The molecule has 3 nitrogen and oxygen atoms in total. The first-order valence-electron chi connectivity index (χ1n) is 8.34. The maximum atomic E-state index is 12.7. The van der Waals surface area contributed by atoms with E-state index >= 15 is 0 Å². The minimum absolute atomic E-state index is 0.0407. The first-order chi connectivity index (χ1) is 10.3. The van der Waals surface area contributed by atoms with Crippen LogP contribution < -0.4 is 10.6 Å². The van der Waals surface area contributed by atoms with Crippen LogP contribution in [0.4, 0.5) is 0 Å². The Bertz CT molecular complexity index is 494. The van der Waals surface area contributed by atoms with Crippen molar-refractivity contribution in [3.63, 3.8) is 0 Å². The number of hydrogen-bond donors (Lipinski definition) is 2. The van der Waals surface area contributed by atoms with E-state index in [2.05, 4.69) is 29.7 Å². The summed E-state index contributed by atoms with van der Waals surface area (Å²) in [4.78, 5) is 12.7.